The predicted octanol–water partition coefficient (Wildman–Crippen LogP) is 8.21. The van der Waals surface area contributed by atoms with Gasteiger partial charge in [-0.15, -0.1) is 0 Å². The van der Waals surface area contributed by atoms with E-state index in [1.165, 1.54) is 64.2 Å². The van der Waals surface area contributed by atoms with E-state index in [1.807, 2.05) is 0 Å². The average Bonchev–Trinajstić information content (AvgIpc) is 2.37. The summed E-state index contributed by atoms with van der Waals surface area (Å²) in [6.07, 6.45) is 14.8. The van der Waals surface area contributed by atoms with Gasteiger partial charge in [0.15, 0.2) is 0 Å². The van der Waals surface area contributed by atoms with E-state index in [-0.39, 0.29) is 17.7 Å². The molecule has 0 N–H and O–H groups in total. The minimum absolute atomic E-state index is 0. The second-order valence-electron chi connectivity index (χ2n) is 7.28. The third-order valence-electron chi connectivity index (χ3n) is 5.14. The van der Waals surface area contributed by atoms with Crippen molar-refractivity contribution in [2.24, 2.45) is 23.7 Å². The summed E-state index contributed by atoms with van der Waals surface area (Å²) in [5.41, 5.74) is 0. The molecule has 0 unspecified atom stereocenters. The largest absolute Gasteiger partial charge is 0.0776 e. The lowest BCUT2D eigenvalue weighted by atomic mass is 9.81. The van der Waals surface area contributed by atoms with Gasteiger partial charge in [-0.05, 0) is 23.7 Å². The van der Waals surface area contributed by atoms with Crippen LogP contribution in [0.5, 0.6) is 0 Å². The Kier molecular flexibility index (Phi) is 14.2. The third kappa shape index (κ3) is 9.83. The summed E-state index contributed by atoms with van der Waals surface area (Å²) in [5, 5.41) is 0. The maximum absolute atomic E-state index is 2.39. The van der Waals surface area contributed by atoms with Crippen molar-refractivity contribution in [2.75, 3.05) is 0 Å². The SMILES string of the molecule is C.C.CC1CCC(C)CC1.CCCC1CCC(C)CC1.[HH].[HH]. The van der Waals surface area contributed by atoms with Crippen molar-refractivity contribution in [1.29, 1.82) is 0 Å². The monoisotopic (exact) mass is 288 g/mol. The van der Waals surface area contributed by atoms with Crippen LogP contribution in [0.25, 0.3) is 0 Å². The Labute approximate surface area is 134 Å². The molecule has 0 aromatic carbocycles. The van der Waals surface area contributed by atoms with E-state index in [9.17, 15) is 0 Å². The first-order valence-electron chi connectivity index (χ1n) is 8.61. The molecule has 0 atom stereocenters. The minimum atomic E-state index is 0. The molecule has 0 nitrogen and oxygen atoms in total. The Morgan fingerprint density at radius 1 is 0.650 bits per heavy atom. The summed E-state index contributed by atoms with van der Waals surface area (Å²) in [6, 6.07) is 0. The van der Waals surface area contributed by atoms with Gasteiger partial charge in [0.25, 0.3) is 0 Å². The van der Waals surface area contributed by atoms with E-state index in [0.29, 0.717) is 0 Å². The van der Waals surface area contributed by atoms with Gasteiger partial charge in [0, 0.05) is 2.85 Å². The molecular formula is C20H48. The van der Waals surface area contributed by atoms with Gasteiger partial charge in [-0.1, -0.05) is 107 Å². The lowest BCUT2D eigenvalue weighted by Crippen LogP contribution is -2.11. The van der Waals surface area contributed by atoms with Gasteiger partial charge >= 0.3 is 0 Å². The summed E-state index contributed by atoms with van der Waals surface area (Å²) < 4.78 is 0. The topological polar surface area (TPSA) is 0 Å². The van der Waals surface area contributed by atoms with Crippen molar-refractivity contribution >= 4 is 0 Å². The average molecular weight is 289 g/mol. The molecule has 0 aromatic heterocycles. The maximum atomic E-state index is 2.39. The number of rotatable bonds is 2. The summed E-state index contributed by atoms with van der Waals surface area (Å²) >= 11 is 0. The van der Waals surface area contributed by atoms with Crippen molar-refractivity contribution in [1.82, 2.24) is 0 Å². The Balaban J connectivity index is -0.000000126. The van der Waals surface area contributed by atoms with E-state index in [4.69, 9.17) is 0 Å². The predicted molar refractivity (Wildman–Crippen MR) is 101 cm³/mol. The normalized spacial score (nSPS) is 33.0. The highest BCUT2D eigenvalue weighted by Crippen LogP contribution is 2.30. The highest BCUT2D eigenvalue weighted by atomic mass is 14.2. The molecule has 128 valence electrons. The van der Waals surface area contributed by atoms with Gasteiger partial charge in [0.2, 0.25) is 0 Å². The van der Waals surface area contributed by atoms with E-state index in [2.05, 4.69) is 27.7 Å². The number of hydrogen-bond acceptors (Lipinski definition) is 0. The van der Waals surface area contributed by atoms with Gasteiger partial charge in [-0.2, -0.15) is 0 Å². The van der Waals surface area contributed by atoms with Crippen LogP contribution in [0.4, 0.5) is 0 Å². The standard InChI is InChI=1S/C10H20.C8H16.2CH4.2H2/c1-3-4-10-7-5-9(2)6-8-10;1-7-3-5-8(2)6-4-7;;;;/h9-10H,3-8H2,1-2H3;7-8H,3-6H2,1-2H3;2*1H4;2*1H. The van der Waals surface area contributed by atoms with E-state index >= 15 is 0 Å². The minimum Gasteiger partial charge on any atom is -0.0776 e. The summed E-state index contributed by atoms with van der Waals surface area (Å²) in [7, 11) is 0. The quantitative estimate of drug-likeness (QED) is 0.480. The van der Waals surface area contributed by atoms with Crippen LogP contribution in [0.3, 0.4) is 0 Å². The first-order valence-corrected chi connectivity index (χ1v) is 8.61. The van der Waals surface area contributed by atoms with E-state index in [0.717, 1.165) is 23.7 Å². The van der Waals surface area contributed by atoms with Gasteiger partial charge < -0.3 is 0 Å². The molecule has 2 aliphatic carbocycles. The van der Waals surface area contributed by atoms with Crippen molar-refractivity contribution < 1.29 is 2.85 Å². The molecule has 2 rings (SSSR count). The van der Waals surface area contributed by atoms with Crippen molar-refractivity contribution in [2.45, 2.75) is 107 Å². The maximum Gasteiger partial charge on any atom is 0 e. The second kappa shape index (κ2) is 12.7. The molecule has 0 heteroatoms. The van der Waals surface area contributed by atoms with Crippen LogP contribution in [0.15, 0.2) is 0 Å². The van der Waals surface area contributed by atoms with Gasteiger partial charge in [-0.3, -0.25) is 0 Å². The molecule has 0 aliphatic heterocycles. The van der Waals surface area contributed by atoms with Crippen molar-refractivity contribution in [3.05, 3.63) is 0 Å². The first-order chi connectivity index (χ1) is 8.61. The van der Waals surface area contributed by atoms with Crippen molar-refractivity contribution in [3.8, 4) is 0 Å². The first kappa shape index (κ1) is 22.3. The molecule has 0 heterocycles. The van der Waals surface area contributed by atoms with Gasteiger partial charge in [0.05, 0.1) is 0 Å². The van der Waals surface area contributed by atoms with E-state index < -0.39 is 0 Å². The molecule has 2 fully saturated rings. The Morgan fingerprint density at radius 2 is 0.950 bits per heavy atom. The van der Waals surface area contributed by atoms with Crippen LogP contribution in [0.1, 0.15) is 110 Å². The zero-order chi connectivity index (χ0) is 13.4. The Morgan fingerprint density at radius 3 is 1.25 bits per heavy atom. The lowest BCUT2D eigenvalue weighted by Gasteiger charge is -2.25. The third-order valence-corrected chi connectivity index (χ3v) is 5.14. The molecule has 0 aromatic rings. The molecule has 2 saturated carbocycles. The van der Waals surface area contributed by atoms with Crippen LogP contribution >= 0.6 is 0 Å². The van der Waals surface area contributed by atoms with Gasteiger partial charge in [0.1, 0.15) is 0 Å². The second-order valence-corrected chi connectivity index (χ2v) is 7.28. The molecule has 20 heavy (non-hydrogen) atoms. The van der Waals surface area contributed by atoms with Crippen LogP contribution < -0.4 is 0 Å². The fourth-order valence-electron chi connectivity index (χ4n) is 3.45. The molecule has 0 amide bonds. The number of hydrogen-bond donors (Lipinski definition) is 0. The smallest absolute Gasteiger partial charge is 0 e. The summed E-state index contributed by atoms with van der Waals surface area (Å²) in [6.45, 7) is 9.43. The van der Waals surface area contributed by atoms with Crippen LogP contribution in [0, 0.1) is 23.7 Å². The fraction of sp³-hybridized carbons (Fsp3) is 1.00. The molecule has 0 saturated heterocycles. The molecule has 0 spiro atoms. The fourth-order valence-corrected chi connectivity index (χ4v) is 3.45. The highest BCUT2D eigenvalue weighted by molar-refractivity contribution is 4.69. The van der Waals surface area contributed by atoms with Crippen LogP contribution in [-0.2, 0) is 0 Å². The Hall–Kier alpha value is 0. The van der Waals surface area contributed by atoms with Crippen molar-refractivity contribution in [3.63, 3.8) is 0 Å². The zero-order valence-corrected chi connectivity index (χ0v) is 13.4. The van der Waals surface area contributed by atoms with Gasteiger partial charge in [-0.25, -0.2) is 0 Å². The van der Waals surface area contributed by atoms with Crippen LogP contribution in [-0.4, -0.2) is 0 Å². The summed E-state index contributed by atoms with van der Waals surface area (Å²) in [4.78, 5) is 0. The molecular weight excluding hydrogens is 240 g/mol. The van der Waals surface area contributed by atoms with Crippen LogP contribution in [0.2, 0.25) is 0 Å². The molecule has 0 bridgehead atoms. The summed E-state index contributed by atoms with van der Waals surface area (Å²) in [5.74, 6) is 4.15. The lowest BCUT2D eigenvalue weighted by molar-refractivity contribution is 0.276. The Bertz CT molecular complexity index is 180. The molecule has 2 aliphatic rings. The zero-order valence-electron chi connectivity index (χ0n) is 13.4. The molecule has 0 radical (unpaired) electrons. The van der Waals surface area contributed by atoms with E-state index in [1.54, 1.807) is 0 Å². The highest BCUT2D eigenvalue weighted by Gasteiger charge is 2.16.